The van der Waals surface area contributed by atoms with Gasteiger partial charge in [0.1, 0.15) is 24.2 Å². The van der Waals surface area contributed by atoms with Gasteiger partial charge < -0.3 is 26.2 Å². The summed E-state index contributed by atoms with van der Waals surface area (Å²) in [6.07, 6.45) is 0.613. The zero-order valence-corrected chi connectivity index (χ0v) is 24.8. The summed E-state index contributed by atoms with van der Waals surface area (Å²) < 4.78 is 0. The van der Waals surface area contributed by atoms with Crippen LogP contribution >= 0.6 is 0 Å². The third-order valence-electron chi connectivity index (χ3n) is 7.98. The molecule has 0 aliphatic carbocycles. The van der Waals surface area contributed by atoms with Crippen molar-refractivity contribution in [3.8, 4) is 0 Å². The minimum Gasteiger partial charge on any atom is -0.351 e. The van der Waals surface area contributed by atoms with E-state index in [-0.39, 0.29) is 18.2 Å². The van der Waals surface area contributed by atoms with Crippen LogP contribution in [-0.2, 0) is 30.4 Å². The van der Waals surface area contributed by atoms with Crippen LogP contribution < -0.4 is 21.3 Å². The maximum atomic E-state index is 13.9. The predicted octanol–water partition coefficient (Wildman–Crippen LogP) is 1.86. The molecule has 2 aromatic rings. The molecule has 2 fully saturated rings. The number of amides is 5. The van der Waals surface area contributed by atoms with Crippen molar-refractivity contribution in [2.24, 2.45) is 11.8 Å². The van der Waals surface area contributed by atoms with Crippen LogP contribution in [0.4, 0.5) is 0 Å². The molecule has 10 heteroatoms. The molecule has 224 valence electrons. The monoisotopic (exact) mass is 575 g/mol. The maximum Gasteiger partial charge on any atom is 0.243 e. The van der Waals surface area contributed by atoms with Crippen LogP contribution in [0.3, 0.4) is 0 Å². The number of β-lactam (4-membered cyclic amide) rings is 1. The number of nitrogens with one attached hydrogen (secondary N) is 4. The maximum absolute atomic E-state index is 13.9. The molecule has 0 aromatic heterocycles. The van der Waals surface area contributed by atoms with E-state index in [1.54, 1.807) is 11.8 Å². The van der Waals surface area contributed by atoms with Gasteiger partial charge in [-0.25, -0.2) is 0 Å². The van der Waals surface area contributed by atoms with E-state index in [2.05, 4.69) is 21.3 Å². The third-order valence-corrected chi connectivity index (χ3v) is 7.98. The molecule has 5 amide bonds. The SMILES string of the molecule is CC(C)C[C@H]1C(=O)N[C@@H](C)C(=O)N[C@@H](C)C(=O)N[C@@H](Cc2ccccc2)C(=O)N[C@@H](C)[C@H]2C(=O)N1[C@@H]2c1ccccc1. The summed E-state index contributed by atoms with van der Waals surface area (Å²) in [4.78, 5) is 68.9. The van der Waals surface area contributed by atoms with E-state index in [9.17, 15) is 24.0 Å². The van der Waals surface area contributed by atoms with Crippen LogP contribution in [0.1, 0.15) is 58.2 Å². The molecule has 2 aliphatic rings. The van der Waals surface area contributed by atoms with E-state index < -0.39 is 65.8 Å². The molecule has 2 heterocycles. The van der Waals surface area contributed by atoms with Gasteiger partial charge in [0.15, 0.2) is 0 Å². The normalized spacial score (nSPS) is 29.2. The fourth-order valence-electron chi connectivity index (χ4n) is 5.73. The summed E-state index contributed by atoms with van der Waals surface area (Å²) >= 11 is 0. The zero-order valence-electron chi connectivity index (χ0n) is 24.8. The molecule has 2 aromatic carbocycles. The second kappa shape index (κ2) is 13.2. The van der Waals surface area contributed by atoms with E-state index in [4.69, 9.17) is 0 Å². The Bertz CT molecular complexity index is 1300. The Morgan fingerprint density at radius 1 is 0.690 bits per heavy atom. The highest BCUT2D eigenvalue weighted by Crippen LogP contribution is 2.44. The molecule has 2 aliphatic heterocycles. The van der Waals surface area contributed by atoms with E-state index >= 15 is 0 Å². The minimum absolute atomic E-state index is 0.0818. The lowest BCUT2D eigenvalue weighted by atomic mass is 9.76. The molecule has 0 saturated carbocycles. The summed E-state index contributed by atoms with van der Waals surface area (Å²) in [6, 6.07) is 14.0. The first-order chi connectivity index (χ1) is 20.0. The fraction of sp³-hybridized carbons (Fsp3) is 0.469. The molecule has 0 unspecified atom stereocenters. The van der Waals surface area contributed by atoms with Gasteiger partial charge in [0.25, 0.3) is 0 Å². The van der Waals surface area contributed by atoms with Crippen molar-refractivity contribution in [1.29, 1.82) is 0 Å². The summed E-state index contributed by atoms with van der Waals surface area (Å²) in [7, 11) is 0. The summed E-state index contributed by atoms with van der Waals surface area (Å²) in [5, 5.41) is 11.1. The number of hydrogen-bond donors (Lipinski definition) is 4. The van der Waals surface area contributed by atoms with Crippen molar-refractivity contribution < 1.29 is 24.0 Å². The van der Waals surface area contributed by atoms with E-state index in [0.29, 0.717) is 6.42 Å². The van der Waals surface area contributed by atoms with Crippen molar-refractivity contribution >= 4 is 29.5 Å². The fourth-order valence-corrected chi connectivity index (χ4v) is 5.73. The molecule has 10 nitrogen and oxygen atoms in total. The first kappa shape index (κ1) is 30.7. The van der Waals surface area contributed by atoms with Crippen LogP contribution in [0.25, 0.3) is 0 Å². The Morgan fingerprint density at radius 2 is 1.24 bits per heavy atom. The topological polar surface area (TPSA) is 137 Å². The van der Waals surface area contributed by atoms with Crippen LogP contribution in [0.15, 0.2) is 60.7 Å². The largest absolute Gasteiger partial charge is 0.351 e. The molecule has 4 rings (SSSR count). The second-order valence-electron chi connectivity index (χ2n) is 11.8. The van der Waals surface area contributed by atoms with Gasteiger partial charge in [-0.15, -0.1) is 0 Å². The van der Waals surface area contributed by atoms with Crippen molar-refractivity contribution in [3.63, 3.8) is 0 Å². The van der Waals surface area contributed by atoms with E-state index in [0.717, 1.165) is 11.1 Å². The number of carbonyl (C=O) groups is 5. The lowest BCUT2D eigenvalue weighted by Crippen LogP contribution is -2.68. The predicted molar refractivity (Wildman–Crippen MR) is 158 cm³/mol. The Balaban J connectivity index is 1.73. The standard InChI is InChI=1S/C32H41N5O5/c1-18(2)16-25-31(41)35-20(4)28(38)34-21(5)29(39)36-24(17-22-12-8-6-9-13-22)30(40)33-19(3)26-27(37(25)32(26)42)23-14-10-7-11-15-23/h6-15,18-21,24-27H,16-17H2,1-5H3,(H,33,40)(H,34,38)(H,35,41)(H,36,39)/t19-,20-,21-,24-,25-,26+,27+/m0/s1. The third kappa shape index (κ3) is 6.80. The lowest BCUT2D eigenvalue weighted by molar-refractivity contribution is -0.169. The van der Waals surface area contributed by atoms with Crippen molar-refractivity contribution in [1.82, 2.24) is 26.2 Å². The number of carbonyl (C=O) groups excluding carboxylic acids is 5. The molecule has 7 atom stereocenters. The van der Waals surface area contributed by atoms with Crippen LogP contribution in [0, 0.1) is 11.8 Å². The van der Waals surface area contributed by atoms with Gasteiger partial charge >= 0.3 is 0 Å². The quantitative estimate of drug-likeness (QED) is 0.404. The Morgan fingerprint density at radius 3 is 1.83 bits per heavy atom. The molecule has 0 spiro atoms. The van der Waals surface area contributed by atoms with Crippen molar-refractivity contribution in [3.05, 3.63) is 71.8 Å². The number of nitrogens with zero attached hydrogens (tertiary/aromatic N) is 1. The number of benzene rings is 2. The lowest BCUT2D eigenvalue weighted by Gasteiger charge is -2.53. The van der Waals surface area contributed by atoms with Gasteiger partial charge in [0.05, 0.1) is 12.0 Å². The van der Waals surface area contributed by atoms with Gasteiger partial charge in [-0.2, -0.15) is 0 Å². The Kier molecular flexibility index (Phi) is 9.65. The van der Waals surface area contributed by atoms with E-state index in [1.807, 2.05) is 74.5 Å². The molecule has 2 bridgehead atoms. The highest BCUT2D eigenvalue weighted by Gasteiger charge is 2.55. The first-order valence-corrected chi connectivity index (χ1v) is 14.6. The average molecular weight is 576 g/mol. The second-order valence-corrected chi connectivity index (χ2v) is 11.8. The van der Waals surface area contributed by atoms with Crippen LogP contribution in [0.2, 0.25) is 0 Å². The zero-order chi connectivity index (χ0) is 30.6. The Labute approximate surface area is 247 Å². The Hall–Kier alpha value is -4.21. The smallest absolute Gasteiger partial charge is 0.243 e. The van der Waals surface area contributed by atoms with Crippen LogP contribution in [0.5, 0.6) is 0 Å². The average Bonchev–Trinajstić information content (AvgIpc) is 2.95. The summed E-state index contributed by atoms with van der Waals surface area (Å²) in [5.41, 5.74) is 1.69. The number of hydrogen-bond acceptors (Lipinski definition) is 5. The van der Waals surface area contributed by atoms with Gasteiger partial charge in [-0.05, 0) is 44.2 Å². The summed E-state index contributed by atoms with van der Waals surface area (Å²) in [5.74, 6) is -2.76. The minimum atomic E-state index is -0.958. The van der Waals surface area contributed by atoms with Crippen LogP contribution in [-0.4, -0.2) is 64.6 Å². The molecule has 42 heavy (non-hydrogen) atoms. The summed E-state index contributed by atoms with van der Waals surface area (Å²) in [6.45, 7) is 8.78. The van der Waals surface area contributed by atoms with Gasteiger partial charge in [0.2, 0.25) is 29.5 Å². The molecule has 0 radical (unpaired) electrons. The molecular weight excluding hydrogens is 534 g/mol. The van der Waals surface area contributed by atoms with E-state index in [1.165, 1.54) is 13.8 Å². The molecule has 4 N–H and O–H groups in total. The van der Waals surface area contributed by atoms with Crippen molar-refractivity contribution in [2.45, 2.75) is 83.7 Å². The van der Waals surface area contributed by atoms with Gasteiger partial charge in [-0.3, -0.25) is 24.0 Å². The molecule has 2 saturated heterocycles. The van der Waals surface area contributed by atoms with Gasteiger partial charge in [0, 0.05) is 12.5 Å². The molecular formula is C32H41N5O5. The van der Waals surface area contributed by atoms with Gasteiger partial charge in [-0.1, -0.05) is 74.5 Å². The van der Waals surface area contributed by atoms with Crippen molar-refractivity contribution in [2.75, 3.05) is 0 Å². The number of rotatable bonds is 5. The highest BCUT2D eigenvalue weighted by molar-refractivity contribution is 5.97. The highest BCUT2D eigenvalue weighted by atomic mass is 16.2. The number of fused-ring (bicyclic) bond motifs is 2. The first-order valence-electron chi connectivity index (χ1n) is 14.6.